The Bertz CT molecular complexity index is 847. The third-order valence-electron chi connectivity index (χ3n) is 2.69. The van der Waals surface area contributed by atoms with Crippen LogP contribution in [0.3, 0.4) is 0 Å². The molecule has 0 aliphatic carbocycles. The van der Waals surface area contributed by atoms with E-state index in [1.165, 1.54) is 0 Å². The molecular weight excluding hydrogens is 401 g/mol. The number of carboxylic acid groups (broad SMARTS) is 1. The standard InChI is InChI=1S/C13H6BrF3N2O5/c14-6-4-9(19(22)23)10(16)11(17)12(6)24-5-1-2-7(15)8(3-5)18-13(20)21/h1-4,18H,(H,20,21). The number of carbonyl (C=O) groups is 1. The van der Waals surface area contributed by atoms with Crippen LogP contribution in [0, 0.1) is 27.6 Å². The Labute approximate surface area is 139 Å². The van der Waals surface area contributed by atoms with E-state index in [-0.39, 0.29) is 10.2 Å². The number of nitrogens with zero attached hydrogens (tertiary/aromatic N) is 1. The van der Waals surface area contributed by atoms with Gasteiger partial charge in [0.05, 0.1) is 15.1 Å². The molecule has 0 fully saturated rings. The normalized spacial score (nSPS) is 10.3. The molecule has 0 aliphatic heterocycles. The number of nitro groups is 1. The summed E-state index contributed by atoms with van der Waals surface area (Å²) in [5.41, 5.74) is -1.57. The fraction of sp³-hybridized carbons (Fsp3) is 0. The van der Waals surface area contributed by atoms with Crippen LogP contribution in [-0.2, 0) is 0 Å². The number of ether oxygens (including phenoxy) is 1. The average molecular weight is 407 g/mol. The molecule has 0 aromatic heterocycles. The van der Waals surface area contributed by atoms with Gasteiger partial charge >= 0.3 is 11.8 Å². The maximum absolute atomic E-state index is 13.9. The zero-order valence-electron chi connectivity index (χ0n) is 11.3. The van der Waals surface area contributed by atoms with Crippen molar-refractivity contribution in [3.63, 3.8) is 0 Å². The quantitative estimate of drug-likeness (QED) is 0.436. The predicted molar refractivity (Wildman–Crippen MR) is 78.8 cm³/mol. The van der Waals surface area contributed by atoms with Crippen LogP contribution in [0.1, 0.15) is 0 Å². The maximum atomic E-state index is 13.9. The zero-order valence-corrected chi connectivity index (χ0v) is 12.9. The van der Waals surface area contributed by atoms with E-state index in [0.717, 1.165) is 18.2 Å². The molecule has 0 radical (unpaired) electrons. The van der Waals surface area contributed by atoms with Crippen molar-refractivity contribution >= 4 is 33.4 Å². The predicted octanol–water partition coefficient (Wildman–Crippen LogP) is 4.66. The molecule has 24 heavy (non-hydrogen) atoms. The van der Waals surface area contributed by atoms with E-state index in [2.05, 4.69) is 15.9 Å². The SMILES string of the molecule is O=C(O)Nc1cc(Oc2c(Br)cc([N+](=O)[O-])c(F)c2F)ccc1F. The molecule has 0 aliphatic rings. The molecule has 0 spiro atoms. The summed E-state index contributed by atoms with van der Waals surface area (Å²) in [6.07, 6.45) is -1.54. The molecule has 2 aromatic carbocycles. The fourth-order valence-electron chi connectivity index (χ4n) is 1.69. The van der Waals surface area contributed by atoms with E-state index in [1.807, 2.05) is 0 Å². The van der Waals surface area contributed by atoms with Gasteiger partial charge in [0.25, 0.3) is 0 Å². The molecule has 126 valence electrons. The molecule has 0 saturated carbocycles. The average Bonchev–Trinajstić information content (AvgIpc) is 2.49. The Morgan fingerprint density at radius 1 is 1.25 bits per heavy atom. The van der Waals surface area contributed by atoms with Crippen LogP contribution < -0.4 is 10.1 Å². The molecule has 7 nitrogen and oxygen atoms in total. The number of benzene rings is 2. The van der Waals surface area contributed by atoms with E-state index in [1.54, 1.807) is 5.32 Å². The van der Waals surface area contributed by atoms with E-state index in [0.29, 0.717) is 6.07 Å². The first kappa shape index (κ1) is 17.5. The summed E-state index contributed by atoms with van der Waals surface area (Å²) in [5, 5.41) is 20.9. The summed E-state index contributed by atoms with van der Waals surface area (Å²) in [6.45, 7) is 0. The number of rotatable bonds is 4. The van der Waals surface area contributed by atoms with Gasteiger partial charge in [0, 0.05) is 12.1 Å². The Morgan fingerprint density at radius 2 is 1.92 bits per heavy atom. The van der Waals surface area contributed by atoms with Crippen molar-refractivity contribution in [3.05, 3.63) is 56.3 Å². The summed E-state index contributed by atoms with van der Waals surface area (Å²) in [7, 11) is 0. The number of anilines is 1. The fourth-order valence-corrected chi connectivity index (χ4v) is 2.16. The Balaban J connectivity index is 2.43. The van der Waals surface area contributed by atoms with Crippen LogP contribution in [0.4, 0.5) is 29.3 Å². The summed E-state index contributed by atoms with van der Waals surface area (Å²) in [4.78, 5) is 20.0. The van der Waals surface area contributed by atoms with E-state index in [9.17, 15) is 28.1 Å². The lowest BCUT2D eigenvalue weighted by molar-refractivity contribution is -0.387. The monoisotopic (exact) mass is 406 g/mol. The molecule has 0 heterocycles. The lowest BCUT2D eigenvalue weighted by Gasteiger charge is -2.11. The molecular formula is C13H6BrF3N2O5. The van der Waals surface area contributed by atoms with Crippen LogP contribution in [0.2, 0.25) is 0 Å². The van der Waals surface area contributed by atoms with Gasteiger partial charge in [0.1, 0.15) is 11.6 Å². The molecule has 11 heteroatoms. The van der Waals surface area contributed by atoms with E-state index < -0.39 is 45.6 Å². The van der Waals surface area contributed by atoms with Gasteiger partial charge in [0.15, 0.2) is 5.75 Å². The molecule has 0 bridgehead atoms. The van der Waals surface area contributed by atoms with Crippen LogP contribution in [0.15, 0.2) is 28.7 Å². The first-order valence-electron chi connectivity index (χ1n) is 6.00. The molecule has 2 N–H and O–H groups in total. The van der Waals surface area contributed by atoms with Gasteiger partial charge in [-0.15, -0.1) is 0 Å². The summed E-state index contributed by atoms with van der Waals surface area (Å²) >= 11 is 2.81. The second-order valence-electron chi connectivity index (χ2n) is 4.27. The smallest absolute Gasteiger partial charge is 0.409 e. The molecule has 0 saturated heterocycles. The molecule has 0 atom stereocenters. The summed E-state index contributed by atoms with van der Waals surface area (Å²) in [6, 6.07) is 3.48. The minimum Gasteiger partial charge on any atom is -0.465 e. The maximum Gasteiger partial charge on any atom is 0.409 e. The number of hydrogen-bond acceptors (Lipinski definition) is 4. The summed E-state index contributed by atoms with van der Waals surface area (Å²) < 4.78 is 45.8. The lowest BCUT2D eigenvalue weighted by Crippen LogP contribution is -2.08. The Hall–Kier alpha value is -2.82. The number of nitrogens with one attached hydrogen (secondary N) is 1. The third-order valence-corrected chi connectivity index (χ3v) is 3.28. The Kier molecular flexibility index (Phi) is 4.93. The highest BCUT2D eigenvalue weighted by Gasteiger charge is 2.26. The van der Waals surface area contributed by atoms with Crippen molar-refractivity contribution in [2.45, 2.75) is 0 Å². The van der Waals surface area contributed by atoms with Crippen LogP contribution in [0.25, 0.3) is 0 Å². The zero-order chi connectivity index (χ0) is 18.0. The minimum absolute atomic E-state index is 0.229. The van der Waals surface area contributed by atoms with Crippen molar-refractivity contribution in [2.75, 3.05) is 5.32 Å². The van der Waals surface area contributed by atoms with Gasteiger partial charge in [0.2, 0.25) is 11.6 Å². The second-order valence-corrected chi connectivity index (χ2v) is 5.12. The van der Waals surface area contributed by atoms with Crippen molar-refractivity contribution in [1.82, 2.24) is 0 Å². The van der Waals surface area contributed by atoms with Crippen molar-refractivity contribution in [1.29, 1.82) is 0 Å². The topological polar surface area (TPSA) is 102 Å². The number of halogens is 4. The number of hydrogen-bond donors (Lipinski definition) is 2. The van der Waals surface area contributed by atoms with Crippen molar-refractivity contribution in [3.8, 4) is 11.5 Å². The lowest BCUT2D eigenvalue weighted by atomic mass is 10.2. The first-order valence-corrected chi connectivity index (χ1v) is 6.79. The van der Waals surface area contributed by atoms with Gasteiger partial charge in [-0.2, -0.15) is 8.78 Å². The van der Waals surface area contributed by atoms with Crippen molar-refractivity contribution in [2.24, 2.45) is 0 Å². The van der Waals surface area contributed by atoms with E-state index >= 15 is 0 Å². The highest BCUT2D eigenvalue weighted by Crippen LogP contribution is 2.38. The Morgan fingerprint density at radius 3 is 2.50 bits per heavy atom. The van der Waals surface area contributed by atoms with Gasteiger partial charge in [-0.1, -0.05) is 0 Å². The highest BCUT2D eigenvalue weighted by molar-refractivity contribution is 9.10. The van der Waals surface area contributed by atoms with Gasteiger partial charge < -0.3 is 9.84 Å². The summed E-state index contributed by atoms with van der Waals surface area (Å²) in [5.74, 6) is -5.23. The molecule has 2 rings (SSSR count). The second kappa shape index (κ2) is 6.74. The third kappa shape index (κ3) is 3.56. The largest absolute Gasteiger partial charge is 0.465 e. The van der Waals surface area contributed by atoms with Crippen LogP contribution in [0.5, 0.6) is 11.5 Å². The van der Waals surface area contributed by atoms with E-state index in [4.69, 9.17) is 9.84 Å². The molecule has 0 unspecified atom stereocenters. The van der Waals surface area contributed by atoms with Gasteiger partial charge in [-0.05, 0) is 28.1 Å². The minimum atomic E-state index is -1.73. The number of amides is 1. The molecule has 1 amide bonds. The molecule has 2 aromatic rings. The highest BCUT2D eigenvalue weighted by atomic mass is 79.9. The van der Waals surface area contributed by atoms with Gasteiger partial charge in [-0.3, -0.25) is 15.4 Å². The van der Waals surface area contributed by atoms with Crippen molar-refractivity contribution < 1.29 is 32.7 Å². The first-order chi connectivity index (χ1) is 11.2. The van der Waals surface area contributed by atoms with Gasteiger partial charge in [-0.25, -0.2) is 9.18 Å². The van der Waals surface area contributed by atoms with Crippen LogP contribution in [-0.4, -0.2) is 16.1 Å². The van der Waals surface area contributed by atoms with Crippen LogP contribution >= 0.6 is 15.9 Å². The number of nitro benzene ring substituents is 1.